The minimum Gasteiger partial charge on any atom is -0.418 e. The summed E-state index contributed by atoms with van der Waals surface area (Å²) in [5.41, 5.74) is 0.689. The summed E-state index contributed by atoms with van der Waals surface area (Å²) in [4.78, 5) is 3.88. The summed E-state index contributed by atoms with van der Waals surface area (Å²) in [5, 5.41) is 9.54. The maximum absolute atomic E-state index is 9.75. The van der Waals surface area contributed by atoms with Gasteiger partial charge in [-0.25, -0.2) is 4.98 Å². The number of nitrogens with zero attached hydrogens (tertiary/aromatic N) is 2. The monoisotopic (exact) mass is 253 g/mol. The first kappa shape index (κ1) is 15.7. The molecule has 0 aromatic carbocycles. The molecule has 0 radical (unpaired) electrons. The number of imidazole rings is 1. The van der Waals surface area contributed by atoms with Crippen molar-refractivity contribution in [2.24, 2.45) is 0 Å². The van der Waals surface area contributed by atoms with E-state index >= 15 is 0 Å². The number of aromatic nitrogens is 2. The van der Waals surface area contributed by atoms with Crippen LogP contribution in [0.5, 0.6) is 0 Å². The summed E-state index contributed by atoms with van der Waals surface area (Å²) in [6.45, 7) is 5.82. The predicted octanol–water partition coefficient (Wildman–Crippen LogP) is 2.81. The van der Waals surface area contributed by atoms with E-state index in [1.807, 2.05) is 6.92 Å². The van der Waals surface area contributed by atoms with Crippen LogP contribution >= 0.6 is 0 Å². The highest BCUT2D eigenvalue weighted by Crippen LogP contribution is 2.11. The molecule has 0 saturated carbocycles. The maximum Gasteiger partial charge on any atom is 0.673 e. The van der Waals surface area contributed by atoms with Crippen molar-refractivity contribution in [2.45, 2.75) is 25.9 Å². The van der Waals surface area contributed by atoms with Crippen molar-refractivity contribution in [3.05, 3.63) is 25.3 Å². The number of aliphatic hydroxyl groups excluding tert-OH is 1. The zero-order valence-electron chi connectivity index (χ0n) is 9.36. The van der Waals surface area contributed by atoms with Gasteiger partial charge in [-0.3, -0.25) is 0 Å². The second-order valence-corrected chi connectivity index (χ2v) is 3.26. The molecule has 0 aliphatic rings. The van der Waals surface area contributed by atoms with Gasteiger partial charge in [0.05, 0.1) is 12.4 Å². The zero-order valence-corrected chi connectivity index (χ0v) is 9.36. The Morgan fingerprint density at radius 2 is 2.00 bits per heavy atom. The van der Waals surface area contributed by atoms with E-state index in [0.717, 1.165) is 12.8 Å². The Labute approximate surface area is 96.9 Å². The van der Waals surface area contributed by atoms with Crippen molar-refractivity contribution >= 4 is 13.0 Å². The van der Waals surface area contributed by atoms with E-state index in [2.05, 4.69) is 11.6 Å². The fourth-order valence-corrected chi connectivity index (χ4v) is 1.04. The van der Waals surface area contributed by atoms with Crippen LogP contribution < -0.4 is 0 Å². The second kappa shape index (κ2) is 7.11. The smallest absolute Gasteiger partial charge is 0.418 e. The average Bonchev–Trinajstić information content (AvgIpc) is 2.67. The molecule has 1 aromatic heterocycles. The van der Waals surface area contributed by atoms with E-state index in [1.54, 1.807) is 23.3 Å². The quantitative estimate of drug-likeness (QED) is 0.661. The standard InChI is InChI=1S/C9H14N2O.BF4/c1-3-4-9(12)8(2)11-6-5-10-7-11;2-1(3,4)5/h5-7,9,12H,2-4H2,1H3;/q;-1. The van der Waals surface area contributed by atoms with Crippen molar-refractivity contribution in [2.75, 3.05) is 0 Å². The number of hydrogen-bond acceptors (Lipinski definition) is 2. The van der Waals surface area contributed by atoms with Gasteiger partial charge < -0.3 is 26.9 Å². The summed E-state index contributed by atoms with van der Waals surface area (Å²) in [7, 11) is -6.00. The second-order valence-electron chi connectivity index (χ2n) is 3.26. The average molecular weight is 253 g/mol. The van der Waals surface area contributed by atoms with Crippen LogP contribution in [0.2, 0.25) is 0 Å². The Morgan fingerprint density at radius 3 is 2.35 bits per heavy atom. The van der Waals surface area contributed by atoms with Crippen molar-refractivity contribution < 1.29 is 22.4 Å². The van der Waals surface area contributed by atoms with E-state index in [9.17, 15) is 22.4 Å². The lowest BCUT2D eigenvalue weighted by Gasteiger charge is -2.12. The lowest BCUT2D eigenvalue weighted by atomic mass is 10.1. The molecule has 0 amide bonds. The normalized spacial score (nSPS) is 12.6. The molecule has 0 aliphatic carbocycles. The first-order valence-corrected chi connectivity index (χ1v) is 4.98. The molecule has 3 nitrogen and oxygen atoms in total. The topological polar surface area (TPSA) is 38.0 Å². The van der Waals surface area contributed by atoms with E-state index < -0.39 is 13.4 Å². The molecular weight excluding hydrogens is 239 g/mol. The lowest BCUT2D eigenvalue weighted by Crippen LogP contribution is -2.12. The highest BCUT2D eigenvalue weighted by atomic mass is 19.5. The van der Waals surface area contributed by atoms with Gasteiger partial charge in [0.1, 0.15) is 0 Å². The van der Waals surface area contributed by atoms with Crippen LogP contribution in [-0.2, 0) is 0 Å². The summed E-state index contributed by atoms with van der Waals surface area (Å²) in [5.74, 6) is 0. The molecule has 0 aliphatic heterocycles. The van der Waals surface area contributed by atoms with Crippen LogP contribution in [0, 0.1) is 0 Å². The molecule has 17 heavy (non-hydrogen) atoms. The maximum atomic E-state index is 9.75. The molecule has 0 spiro atoms. The molecule has 1 N–H and O–H groups in total. The van der Waals surface area contributed by atoms with Gasteiger partial charge in [-0.2, -0.15) is 0 Å². The summed E-state index contributed by atoms with van der Waals surface area (Å²) >= 11 is 0. The van der Waals surface area contributed by atoms with Gasteiger partial charge in [0.15, 0.2) is 0 Å². The van der Waals surface area contributed by atoms with E-state index in [1.165, 1.54) is 0 Å². The zero-order chi connectivity index (χ0) is 13.5. The SMILES string of the molecule is C=C(C(O)CCC)n1ccnc1.F[B-](F)(F)F. The summed E-state index contributed by atoms with van der Waals surface area (Å²) in [6, 6.07) is 0. The Morgan fingerprint density at radius 1 is 1.47 bits per heavy atom. The fourth-order valence-electron chi connectivity index (χ4n) is 1.04. The highest BCUT2D eigenvalue weighted by molar-refractivity contribution is 6.50. The molecule has 1 rings (SSSR count). The van der Waals surface area contributed by atoms with E-state index in [-0.39, 0.29) is 0 Å². The number of halogens is 4. The van der Waals surface area contributed by atoms with Gasteiger partial charge in [0.25, 0.3) is 0 Å². The molecule has 0 fully saturated rings. The Bertz CT molecular complexity index is 320. The van der Waals surface area contributed by atoms with Crippen molar-refractivity contribution in [1.29, 1.82) is 0 Å². The van der Waals surface area contributed by atoms with Crippen molar-refractivity contribution in [1.82, 2.24) is 9.55 Å². The number of aliphatic hydroxyl groups is 1. The van der Waals surface area contributed by atoms with Gasteiger partial charge in [0.2, 0.25) is 0 Å². The molecule has 1 unspecified atom stereocenters. The van der Waals surface area contributed by atoms with Crippen LogP contribution in [-0.4, -0.2) is 28.0 Å². The van der Waals surface area contributed by atoms with Crippen LogP contribution in [0.15, 0.2) is 25.3 Å². The van der Waals surface area contributed by atoms with Crippen LogP contribution in [0.1, 0.15) is 19.8 Å². The molecular formula is C9H14BF4N2O-. The summed E-state index contributed by atoms with van der Waals surface area (Å²) < 4.78 is 40.7. The minimum atomic E-state index is -6.00. The molecule has 8 heteroatoms. The van der Waals surface area contributed by atoms with E-state index in [4.69, 9.17) is 0 Å². The van der Waals surface area contributed by atoms with Gasteiger partial charge in [-0.1, -0.05) is 19.9 Å². The predicted molar refractivity (Wildman–Crippen MR) is 58.7 cm³/mol. The third-order valence-electron chi connectivity index (χ3n) is 1.78. The van der Waals surface area contributed by atoms with Crippen molar-refractivity contribution in [3.63, 3.8) is 0 Å². The van der Waals surface area contributed by atoms with Crippen LogP contribution in [0.4, 0.5) is 17.3 Å². The molecule has 1 atom stereocenters. The van der Waals surface area contributed by atoms with Gasteiger partial charge in [-0.15, -0.1) is 0 Å². The molecule has 0 bridgehead atoms. The molecule has 1 aromatic rings. The first-order valence-electron chi connectivity index (χ1n) is 4.98. The molecule has 0 saturated heterocycles. The fraction of sp³-hybridized carbons (Fsp3) is 0.444. The first-order chi connectivity index (χ1) is 7.75. The van der Waals surface area contributed by atoms with Gasteiger partial charge >= 0.3 is 7.25 Å². The molecule has 1 heterocycles. The van der Waals surface area contributed by atoms with Gasteiger partial charge in [-0.05, 0) is 6.42 Å². The van der Waals surface area contributed by atoms with Crippen LogP contribution in [0.3, 0.4) is 0 Å². The Balaban J connectivity index is 0.000000437. The van der Waals surface area contributed by atoms with Crippen molar-refractivity contribution in [3.8, 4) is 0 Å². The number of rotatable bonds is 4. The number of hydrogen-bond donors (Lipinski definition) is 1. The minimum absolute atomic E-state index is 0.454. The highest BCUT2D eigenvalue weighted by Gasteiger charge is 2.20. The van der Waals surface area contributed by atoms with Crippen LogP contribution in [0.25, 0.3) is 5.70 Å². The Kier molecular flexibility index (Phi) is 6.56. The molecule has 98 valence electrons. The Hall–Kier alpha value is -1.31. The van der Waals surface area contributed by atoms with Gasteiger partial charge in [0, 0.05) is 18.1 Å². The largest absolute Gasteiger partial charge is 0.673 e. The van der Waals surface area contributed by atoms with E-state index in [0.29, 0.717) is 5.70 Å². The third-order valence-corrected chi connectivity index (χ3v) is 1.78. The lowest BCUT2D eigenvalue weighted by molar-refractivity contribution is 0.215. The third kappa shape index (κ3) is 8.50. The summed E-state index contributed by atoms with van der Waals surface area (Å²) in [6.07, 6.45) is 6.34.